The number of nitrogens with zero attached hydrogens (tertiary/aromatic N) is 4. The third kappa shape index (κ3) is 8.71. The molecule has 0 spiro atoms. The molecule has 1 aliphatic carbocycles. The lowest BCUT2D eigenvalue weighted by Crippen LogP contribution is -2.42. The summed E-state index contributed by atoms with van der Waals surface area (Å²) in [4.78, 5) is 51.9. The molecule has 1 aliphatic rings. The molecule has 0 bridgehead atoms. The number of nitrogens with one attached hydrogen (secondary N) is 5. The number of carbonyl (C=O) groups is 3. The van der Waals surface area contributed by atoms with Crippen LogP contribution in [0.5, 0.6) is 5.75 Å². The van der Waals surface area contributed by atoms with Gasteiger partial charge in [0.25, 0.3) is 5.91 Å². The van der Waals surface area contributed by atoms with E-state index in [1.807, 2.05) is 60.7 Å². The SMILES string of the molecule is CCC(=O)N[C@H]1C[C@@H](n2cnc3c(NCC(c4ccccc4)c4ccccc4)nc(C(=O)NCCNC(=O)Nc4cccc(OC)c4)nc32)[C@H](O)[C@@H]1O. The maximum Gasteiger partial charge on any atom is 0.319 e. The Morgan fingerprint density at radius 3 is 2.28 bits per heavy atom. The van der Waals surface area contributed by atoms with E-state index in [0.717, 1.165) is 11.1 Å². The number of carbonyl (C=O) groups excluding carboxylic acids is 3. The molecule has 2 heterocycles. The summed E-state index contributed by atoms with van der Waals surface area (Å²) >= 11 is 0. The Kier molecular flexibility index (Phi) is 11.8. The average molecular weight is 722 g/mol. The molecule has 15 heteroatoms. The van der Waals surface area contributed by atoms with Crippen LogP contribution in [0, 0.1) is 0 Å². The van der Waals surface area contributed by atoms with Crippen LogP contribution in [0.25, 0.3) is 11.2 Å². The van der Waals surface area contributed by atoms with Crippen LogP contribution in [0.4, 0.5) is 16.3 Å². The van der Waals surface area contributed by atoms with E-state index in [9.17, 15) is 24.6 Å². The molecule has 4 atom stereocenters. The van der Waals surface area contributed by atoms with E-state index >= 15 is 0 Å². The largest absolute Gasteiger partial charge is 0.497 e. The third-order valence-corrected chi connectivity index (χ3v) is 9.20. The Hall–Kier alpha value is -6.06. The molecular formula is C38H43N9O6. The fourth-order valence-corrected chi connectivity index (χ4v) is 6.42. The van der Waals surface area contributed by atoms with Gasteiger partial charge in [0.2, 0.25) is 11.7 Å². The Morgan fingerprint density at radius 2 is 1.60 bits per heavy atom. The van der Waals surface area contributed by atoms with Gasteiger partial charge in [-0.3, -0.25) is 9.59 Å². The quantitative estimate of drug-likeness (QED) is 0.0835. The molecule has 53 heavy (non-hydrogen) atoms. The van der Waals surface area contributed by atoms with Crippen LogP contribution in [0.1, 0.15) is 53.5 Å². The summed E-state index contributed by atoms with van der Waals surface area (Å²) in [5, 5.41) is 36.3. The van der Waals surface area contributed by atoms with E-state index in [2.05, 4.69) is 41.5 Å². The topological polar surface area (TPSA) is 205 Å². The summed E-state index contributed by atoms with van der Waals surface area (Å²) < 4.78 is 6.80. The van der Waals surface area contributed by atoms with Gasteiger partial charge in [-0.25, -0.2) is 19.7 Å². The molecule has 15 nitrogen and oxygen atoms in total. The highest BCUT2D eigenvalue weighted by Gasteiger charge is 2.43. The predicted octanol–water partition coefficient (Wildman–Crippen LogP) is 3.19. The molecule has 4 amide bonds. The zero-order valence-corrected chi connectivity index (χ0v) is 29.4. The van der Waals surface area contributed by atoms with Crippen molar-refractivity contribution in [3.8, 4) is 5.75 Å². The smallest absolute Gasteiger partial charge is 0.319 e. The van der Waals surface area contributed by atoms with Gasteiger partial charge in [0, 0.05) is 43.7 Å². The number of aliphatic hydroxyl groups is 2. The number of rotatable bonds is 14. The molecule has 0 unspecified atom stereocenters. The lowest BCUT2D eigenvalue weighted by atomic mass is 9.91. The van der Waals surface area contributed by atoms with Crippen LogP contribution in [-0.2, 0) is 4.79 Å². The first-order valence-electron chi connectivity index (χ1n) is 17.5. The van der Waals surface area contributed by atoms with Crippen molar-refractivity contribution >= 4 is 40.5 Å². The van der Waals surface area contributed by atoms with Crippen LogP contribution in [0.3, 0.4) is 0 Å². The number of aromatic nitrogens is 4. The lowest BCUT2D eigenvalue weighted by Gasteiger charge is -2.20. The second kappa shape index (κ2) is 17.0. The highest BCUT2D eigenvalue weighted by atomic mass is 16.5. The van der Waals surface area contributed by atoms with E-state index in [-0.39, 0.29) is 49.2 Å². The molecule has 3 aromatic carbocycles. The van der Waals surface area contributed by atoms with Gasteiger partial charge < -0.3 is 46.1 Å². The Bertz CT molecular complexity index is 1990. The fourth-order valence-electron chi connectivity index (χ4n) is 6.42. The molecule has 0 saturated heterocycles. The number of hydrogen-bond donors (Lipinski definition) is 7. The minimum Gasteiger partial charge on any atom is -0.497 e. The number of amides is 4. The van der Waals surface area contributed by atoms with Crippen LogP contribution in [0.15, 0.2) is 91.3 Å². The minimum atomic E-state index is -1.24. The molecule has 276 valence electrons. The number of ether oxygens (including phenoxy) is 1. The number of hydrogen-bond acceptors (Lipinski definition) is 10. The molecule has 7 N–H and O–H groups in total. The summed E-state index contributed by atoms with van der Waals surface area (Å²) in [6.07, 6.45) is -0.530. The first kappa shape index (κ1) is 36.7. The normalized spacial score (nSPS) is 18.1. The molecule has 2 aromatic heterocycles. The van der Waals surface area contributed by atoms with Crippen molar-refractivity contribution in [2.24, 2.45) is 0 Å². The number of benzene rings is 3. The highest BCUT2D eigenvalue weighted by Crippen LogP contribution is 2.34. The lowest BCUT2D eigenvalue weighted by molar-refractivity contribution is -0.122. The number of methoxy groups -OCH3 is 1. The van der Waals surface area contributed by atoms with Crippen LogP contribution in [0.2, 0.25) is 0 Å². The van der Waals surface area contributed by atoms with Crippen LogP contribution in [-0.4, -0.2) is 92.6 Å². The monoisotopic (exact) mass is 721 g/mol. The third-order valence-electron chi connectivity index (χ3n) is 9.20. The van der Waals surface area contributed by atoms with Crippen molar-refractivity contribution in [3.05, 3.63) is 108 Å². The van der Waals surface area contributed by atoms with Crippen molar-refractivity contribution in [1.29, 1.82) is 0 Å². The second-order valence-corrected chi connectivity index (χ2v) is 12.7. The molecule has 0 radical (unpaired) electrons. The Labute approximate surface area is 306 Å². The van der Waals surface area contributed by atoms with Crippen molar-refractivity contribution in [3.63, 3.8) is 0 Å². The van der Waals surface area contributed by atoms with Crippen LogP contribution >= 0.6 is 0 Å². The first-order valence-corrected chi connectivity index (χ1v) is 17.5. The van der Waals surface area contributed by atoms with Gasteiger partial charge in [-0.15, -0.1) is 0 Å². The van der Waals surface area contributed by atoms with Crippen molar-refractivity contribution < 1.29 is 29.3 Å². The molecule has 5 aromatic rings. The molecular weight excluding hydrogens is 678 g/mol. The number of fused-ring (bicyclic) bond motifs is 1. The van der Waals surface area contributed by atoms with Crippen molar-refractivity contribution in [2.75, 3.05) is 37.4 Å². The number of aliphatic hydroxyl groups excluding tert-OH is 2. The highest BCUT2D eigenvalue weighted by molar-refractivity contribution is 5.94. The molecule has 1 fully saturated rings. The number of urea groups is 1. The van der Waals surface area contributed by atoms with Crippen molar-refractivity contribution in [1.82, 2.24) is 35.5 Å². The van der Waals surface area contributed by atoms with Gasteiger partial charge in [-0.05, 0) is 29.7 Å². The minimum absolute atomic E-state index is 0.0736. The summed E-state index contributed by atoms with van der Waals surface area (Å²) in [6, 6.07) is 25.1. The van der Waals surface area contributed by atoms with Gasteiger partial charge in [0.1, 0.15) is 23.5 Å². The van der Waals surface area contributed by atoms with E-state index in [0.29, 0.717) is 29.3 Å². The standard InChI is InChI=1S/C38H43N9O6/c1-3-30(48)44-28-20-29(33(50)32(28)49)47-22-42-31-34(41-21-27(23-11-6-4-7-12-23)24-13-8-5-9-14-24)45-35(46-36(31)47)37(51)39-17-18-40-38(52)43-25-15-10-16-26(19-25)53-2/h4-16,19,22,27-29,32-33,49-50H,3,17-18,20-21H2,1-2H3,(H,39,51)(H,44,48)(H2,40,43,52)(H,41,45,46)/t28-,29+,32+,33-/m0/s1. The van der Waals surface area contributed by atoms with Crippen LogP contribution < -0.4 is 31.3 Å². The zero-order valence-electron chi connectivity index (χ0n) is 29.4. The summed E-state index contributed by atoms with van der Waals surface area (Å²) in [5.41, 5.74) is 3.32. The summed E-state index contributed by atoms with van der Waals surface area (Å²) in [6.45, 7) is 2.29. The fraction of sp³-hybridized carbons (Fsp3) is 0.316. The van der Waals surface area contributed by atoms with Gasteiger partial charge in [0.15, 0.2) is 11.5 Å². The van der Waals surface area contributed by atoms with E-state index in [1.54, 1.807) is 35.8 Å². The van der Waals surface area contributed by atoms with Gasteiger partial charge >= 0.3 is 6.03 Å². The Morgan fingerprint density at radius 1 is 0.906 bits per heavy atom. The van der Waals surface area contributed by atoms with Crippen molar-refractivity contribution in [2.45, 2.75) is 50.0 Å². The predicted molar refractivity (Wildman–Crippen MR) is 199 cm³/mol. The van der Waals surface area contributed by atoms with Gasteiger partial charge in [0.05, 0.1) is 25.5 Å². The summed E-state index contributed by atoms with van der Waals surface area (Å²) in [7, 11) is 1.54. The van der Waals surface area contributed by atoms with E-state index < -0.39 is 36.2 Å². The maximum atomic E-state index is 13.5. The first-order chi connectivity index (χ1) is 25.7. The Balaban J connectivity index is 1.24. The number of imidazole rings is 1. The molecule has 6 rings (SSSR count). The van der Waals surface area contributed by atoms with Gasteiger partial charge in [-0.2, -0.15) is 0 Å². The summed E-state index contributed by atoms with van der Waals surface area (Å²) in [5.74, 6) is -0.188. The molecule has 1 saturated carbocycles. The van der Waals surface area contributed by atoms with E-state index in [1.165, 1.54) is 13.4 Å². The molecule has 0 aliphatic heterocycles. The maximum absolute atomic E-state index is 13.5. The number of anilines is 2. The average Bonchev–Trinajstić information content (AvgIpc) is 3.73. The zero-order chi connectivity index (χ0) is 37.3. The van der Waals surface area contributed by atoms with E-state index in [4.69, 9.17) is 4.74 Å². The second-order valence-electron chi connectivity index (χ2n) is 12.7. The van der Waals surface area contributed by atoms with Gasteiger partial charge in [-0.1, -0.05) is 73.7 Å².